The molecule has 0 saturated heterocycles. The van der Waals surface area contributed by atoms with Crippen molar-refractivity contribution in [2.75, 3.05) is 6.54 Å². The van der Waals surface area contributed by atoms with Crippen LogP contribution in [-0.4, -0.2) is 23.5 Å². The molecule has 0 aliphatic rings. The molecule has 0 fully saturated rings. The van der Waals surface area contributed by atoms with E-state index in [1.54, 1.807) is 24.5 Å². The quantitative estimate of drug-likeness (QED) is 0.805. The minimum Gasteiger partial charge on any atom is -0.348 e. The number of carbonyl (C=O) groups is 1. The van der Waals surface area contributed by atoms with Crippen molar-refractivity contribution in [3.8, 4) is 0 Å². The van der Waals surface area contributed by atoms with E-state index in [9.17, 15) is 4.79 Å². The third-order valence-electron chi connectivity index (χ3n) is 2.53. The summed E-state index contributed by atoms with van der Waals surface area (Å²) < 4.78 is 0. The first-order chi connectivity index (χ1) is 7.45. The highest BCUT2D eigenvalue weighted by Gasteiger charge is 2.25. The highest BCUT2D eigenvalue weighted by molar-refractivity contribution is 5.94. The summed E-state index contributed by atoms with van der Waals surface area (Å²) in [6, 6.07) is 3.34. The van der Waals surface area contributed by atoms with Crippen LogP contribution in [0.15, 0.2) is 24.5 Å². The fraction of sp³-hybridized carbons (Fsp3) is 0.500. The van der Waals surface area contributed by atoms with Gasteiger partial charge in [0.2, 0.25) is 0 Å². The summed E-state index contributed by atoms with van der Waals surface area (Å²) in [5.41, 5.74) is 6.22. The van der Waals surface area contributed by atoms with Crippen LogP contribution in [0.5, 0.6) is 0 Å². The number of hydrogen-bond acceptors (Lipinski definition) is 3. The Kier molecular flexibility index (Phi) is 4.01. The first-order valence-corrected chi connectivity index (χ1v) is 5.36. The molecule has 4 nitrogen and oxygen atoms in total. The summed E-state index contributed by atoms with van der Waals surface area (Å²) in [5, 5.41) is 2.93. The average molecular weight is 221 g/mol. The molecule has 1 aromatic heterocycles. The number of hydrogen-bond donors (Lipinski definition) is 2. The van der Waals surface area contributed by atoms with E-state index in [0.717, 1.165) is 0 Å². The van der Waals surface area contributed by atoms with Gasteiger partial charge in [0.05, 0.1) is 0 Å². The van der Waals surface area contributed by atoms with E-state index < -0.39 is 0 Å². The number of nitrogens with zero attached hydrogens (tertiary/aromatic N) is 1. The fourth-order valence-corrected chi connectivity index (χ4v) is 1.37. The number of aromatic nitrogens is 1. The molecule has 0 spiro atoms. The summed E-state index contributed by atoms with van der Waals surface area (Å²) in [7, 11) is 0. The second-order valence-corrected chi connectivity index (χ2v) is 4.86. The Bertz CT molecular complexity index is 343. The van der Waals surface area contributed by atoms with E-state index in [0.29, 0.717) is 12.1 Å². The Morgan fingerprint density at radius 3 is 2.44 bits per heavy atom. The number of nitrogens with one attached hydrogen (secondary N) is 1. The first kappa shape index (κ1) is 12.6. The Morgan fingerprint density at radius 2 is 2.00 bits per heavy atom. The zero-order chi connectivity index (χ0) is 12.2. The molecule has 0 aromatic carbocycles. The van der Waals surface area contributed by atoms with Crippen LogP contribution in [0, 0.1) is 5.41 Å². The van der Waals surface area contributed by atoms with Gasteiger partial charge < -0.3 is 11.1 Å². The number of pyridine rings is 1. The topological polar surface area (TPSA) is 68.0 Å². The maximum Gasteiger partial charge on any atom is 0.251 e. The SMILES string of the molecule is CC(C)(C)C(CN)NC(=O)c1ccncc1. The monoisotopic (exact) mass is 221 g/mol. The Labute approximate surface area is 96.3 Å². The molecular formula is C12H19N3O. The molecule has 16 heavy (non-hydrogen) atoms. The van der Waals surface area contributed by atoms with Crippen molar-refractivity contribution in [1.82, 2.24) is 10.3 Å². The highest BCUT2D eigenvalue weighted by Crippen LogP contribution is 2.18. The van der Waals surface area contributed by atoms with Gasteiger partial charge in [0.25, 0.3) is 5.91 Å². The Morgan fingerprint density at radius 1 is 1.44 bits per heavy atom. The third-order valence-corrected chi connectivity index (χ3v) is 2.53. The van der Waals surface area contributed by atoms with Crippen molar-refractivity contribution in [2.24, 2.45) is 11.1 Å². The van der Waals surface area contributed by atoms with Crippen molar-refractivity contribution in [1.29, 1.82) is 0 Å². The van der Waals surface area contributed by atoms with Gasteiger partial charge in [-0.3, -0.25) is 9.78 Å². The smallest absolute Gasteiger partial charge is 0.251 e. The van der Waals surface area contributed by atoms with Gasteiger partial charge in [0.15, 0.2) is 0 Å². The second kappa shape index (κ2) is 5.07. The van der Waals surface area contributed by atoms with Crippen molar-refractivity contribution in [3.63, 3.8) is 0 Å². The van der Waals surface area contributed by atoms with Gasteiger partial charge in [0, 0.05) is 30.5 Å². The van der Waals surface area contributed by atoms with Crippen LogP contribution in [0.3, 0.4) is 0 Å². The van der Waals surface area contributed by atoms with E-state index in [4.69, 9.17) is 5.73 Å². The van der Waals surface area contributed by atoms with E-state index >= 15 is 0 Å². The minimum atomic E-state index is -0.104. The lowest BCUT2D eigenvalue weighted by atomic mass is 9.86. The predicted octanol–water partition coefficient (Wildman–Crippen LogP) is 1.18. The van der Waals surface area contributed by atoms with Crippen LogP contribution in [0.2, 0.25) is 0 Å². The second-order valence-electron chi connectivity index (χ2n) is 4.86. The molecule has 0 bridgehead atoms. The normalized spacial score (nSPS) is 13.2. The Hall–Kier alpha value is -1.42. The first-order valence-electron chi connectivity index (χ1n) is 5.36. The average Bonchev–Trinajstić information content (AvgIpc) is 2.25. The van der Waals surface area contributed by atoms with Crippen LogP contribution in [0.4, 0.5) is 0 Å². The molecule has 1 rings (SSSR count). The van der Waals surface area contributed by atoms with Crippen molar-refractivity contribution < 1.29 is 4.79 Å². The van der Waals surface area contributed by atoms with Crippen molar-refractivity contribution in [2.45, 2.75) is 26.8 Å². The van der Waals surface area contributed by atoms with Crippen LogP contribution < -0.4 is 11.1 Å². The molecule has 0 radical (unpaired) electrons. The standard InChI is InChI=1S/C12H19N3O/c1-12(2,3)10(8-13)15-11(16)9-4-6-14-7-5-9/h4-7,10H,8,13H2,1-3H3,(H,15,16). The third kappa shape index (κ3) is 3.31. The van der Waals surface area contributed by atoms with E-state index in [1.165, 1.54) is 0 Å². The predicted molar refractivity (Wildman–Crippen MR) is 64.0 cm³/mol. The highest BCUT2D eigenvalue weighted by atomic mass is 16.1. The van der Waals surface area contributed by atoms with Crippen molar-refractivity contribution >= 4 is 5.91 Å². The summed E-state index contributed by atoms with van der Waals surface area (Å²) >= 11 is 0. The van der Waals surface area contributed by atoms with Gasteiger partial charge in [-0.05, 0) is 17.5 Å². The van der Waals surface area contributed by atoms with Crippen LogP contribution in [0.25, 0.3) is 0 Å². The van der Waals surface area contributed by atoms with Gasteiger partial charge in [-0.2, -0.15) is 0 Å². The molecule has 1 heterocycles. The molecule has 1 unspecified atom stereocenters. The maximum absolute atomic E-state index is 11.9. The molecule has 4 heteroatoms. The van der Waals surface area contributed by atoms with E-state index in [1.807, 2.05) is 0 Å². The lowest BCUT2D eigenvalue weighted by molar-refractivity contribution is 0.0905. The van der Waals surface area contributed by atoms with Crippen LogP contribution in [-0.2, 0) is 0 Å². The summed E-state index contributed by atoms with van der Waals surface area (Å²) in [5.74, 6) is -0.104. The van der Waals surface area contributed by atoms with Gasteiger partial charge in [-0.1, -0.05) is 20.8 Å². The molecule has 1 amide bonds. The van der Waals surface area contributed by atoms with E-state index in [2.05, 4.69) is 31.1 Å². The van der Waals surface area contributed by atoms with Crippen molar-refractivity contribution in [3.05, 3.63) is 30.1 Å². The van der Waals surface area contributed by atoms with E-state index in [-0.39, 0.29) is 17.4 Å². The molecule has 0 saturated carbocycles. The van der Waals surface area contributed by atoms with Gasteiger partial charge in [0.1, 0.15) is 0 Å². The number of carbonyl (C=O) groups excluding carboxylic acids is 1. The summed E-state index contributed by atoms with van der Waals surface area (Å²) in [6.07, 6.45) is 3.20. The maximum atomic E-state index is 11.9. The Balaban J connectivity index is 2.71. The number of rotatable bonds is 3. The molecule has 3 N–H and O–H groups in total. The largest absolute Gasteiger partial charge is 0.348 e. The van der Waals surface area contributed by atoms with Gasteiger partial charge in [-0.25, -0.2) is 0 Å². The molecule has 0 aliphatic carbocycles. The molecule has 88 valence electrons. The van der Waals surface area contributed by atoms with Gasteiger partial charge in [-0.15, -0.1) is 0 Å². The molecule has 0 aliphatic heterocycles. The zero-order valence-electron chi connectivity index (χ0n) is 10.0. The summed E-state index contributed by atoms with van der Waals surface area (Å²) in [6.45, 7) is 6.59. The number of amides is 1. The van der Waals surface area contributed by atoms with Crippen LogP contribution in [0.1, 0.15) is 31.1 Å². The zero-order valence-corrected chi connectivity index (χ0v) is 10.0. The molecule has 1 aromatic rings. The molecule has 1 atom stereocenters. The van der Waals surface area contributed by atoms with Gasteiger partial charge >= 0.3 is 0 Å². The minimum absolute atomic E-state index is 0.0341. The number of nitrogens with two attached hydrogens (primary N) is 1. The van der Waals surface area contributed by atoms with Crippen LogP contribution >= 0.6 is 0 Å². The fourth-order valence-electron chi connectivity index (χ4n) is 1.37. The summed E-state index contributed by atoms with van der Waals surface area (Å²) in [4.78, 5) is 15.7. The molecular weight excluding hydrogens is 202 g/mol. The lowest BCUT2D eigenvalue weighted by Gasteiger charge is -2.30. The lowest BCUT2D eigenvalue weighted by Crippen LogP contribution is -2.48.